The second kappa shape index (κ2) is 5.24. The van der Waals surface area contributed by atoms with Gasteiger partial charge in [0.2, 0.25) is 11.8 Å². The van der Waals surface area contributed by atoms with Gasteiger partial charge >= 0.3 is 0 Å². The van der Waals surface area contributed by atoms with Crippen LogP contribution in [0.5, 0.6) is 0 Å². The normalized spacial score (nSPS) is 21.6. The Balaban J connectivity index is 2.33. The van der Waals surface area contributed by atoms with Crippen LogP contribution in [0, 0.1) is 5.92 Å². The van der Waals surface area contributed by atoms with E-state index in [1.54, 1.807) is 16.7 Å². The molecular formula is C9H16N2O2S. The minimum Gasteiger partial charge on any atom is -0.369 e. The summed E-state index contributed by atoms with van der Waals surface area (Å²) in [6.45, 7) is 1.27. The van der Waals surface area contributed by atoms with Crippen molar-refractivity contribution in [1.82, 2.24) is 4.90 Å². The maximum atomic E-state index is 11.4. The van der Waals surface area contributed by atoms with Crippen LogP contribution in [0.25, 0.3) is 0 Å². The van der Waals surface area contributed by atoms with E-state index in [2.05, 4.69) is 0 Å². The van der Waals surface area contributed by atoms with Gasteiger partial charge in [0.15, 0.2) is 0 Å². The second-order valence-electron chi connectivity index (χ2n) is 3.49. The van der Waals surface area contributed by atoms with Crippen molar-refractivity contribution in [1.29, 1.82) is 0 Å². The Morgan fingerprint density at radius 3 is 2.93 bits per heavy atom. The lowest BCUT2D eigenvalue weighted by Crippen LogP contribution is -2.29. The molecule has 0 saturated carbocycles. The van der Waals surface area contributed by atoms with Crippen LogP contribution in [0.3, 0.4) is 0 Å². The van der Waals surface area contributed by atoms with Crippen molar-refractivity contribution in [2.45, 2.75) is 12.8 Å². The quantitative estimate of drug-likeness (QED) is 0.662. The van der Waals surface area contributed by atoms with Gasteiger partial charge in [-0.25, -0.2) is 0 Å². The number of likely N-dealkylation sites (tertiary alicyclic amines) is 1. The predicted octanol–water partition coefficient (Wildman–Crippen LogP) is 0.0733. The van der Waals surface area contributed by atoms with Crippen LogP contribution in [-0.4, -0.2) is 41.8 Å². The van der Waals surface area contributed by atoms with Gasteiger partial charge in [0.1, 0.15) is 0 Å². The minimum atomic E-state index is -0.356. The van der Waals surface area contributed by atoms with Crippen molar-refractivity contribution in [3.63, 3.8) is 0 Å². The van der Waals surface area contributed by atoms with Crippen LogP contribution in [0.15, 0.2) is 0 Å². The maximum absolute atomic E-state index is 11.4. The molecule has 0 spiro atoms. The summed E-state index contributed by atoms with van der Waals surface area (Å²) >= 11 is 1.76. The molecular weight excluding hydrogens is 200 g/mol. The number of nitrogens with zero attached hydrogens (tertiary/aromatic N) is 1. The van der Waals surface area contributed by atoms with Gasteiger partial charge in [-0.2, -0.15) is 11.8 Å². The summed E-state index contributed by atoms with van der Waals surface area (Å²) in [5.74, 6) is 0.489. The van der Waals surface area contributed by atoms with Crippen molar-refractivity contribution >= 4 is 23.6 Å². The zero-order valence-electron chi connectivity index (χ0n) is 8.36. The molecule has 2 N–H and O–H groups in total. The van der Waals surface area contributed by atoms with Gasteiger partial charge in [-0.1, -0.05) is 0 Å². The topological polar surface area (TPSA) is 63.4 Å². The fourth-order valence-corrected chi connectivity index (χ4v) is 2.00. The number of thioether (sulfide) groups is 1. The number of rotatable bonds is 5. The van der Waals surface area contributed by atoms with Crippen molar-refractivity contribution in [2.75, 3.05) is 25.1 Å². The first-order valence-electron chi connectivity index (χ1n) is 4.71. The SMILES string of the molecule is CSCCCN1CC(C(N)=O)CC1=O. The van der Waals surface area contributed by atoms with Crippen molar-refractivity contribution < 1.29 is 9.59 Å². The Labute approximate surface area is 88.2 Å². The Hall–Kier alpha value is -0.710. The lowest BCUT2D eigenvalue weighted by atomic mass is 10.1. The molecule has 5 heteroatoms. The van der Waals surface area contributed by atoms with Gasteiger partial charge in [-0.15, -0.1) is 0 Å². The molecule has 0 bridgehead atoms. The number of primary amides is 1. The average molecular weight is 216 g/mol. The number of carbonyl (C=O) groups is 2. The molecule has 1 aliphatic rings. The summed E-state index contributed by atoms with van der Waals surface area (Å²) in [4.78, 5) is 24.0. The molecule has 0 aromatic carbocycles. The predicted molar refractivity (Wildman–Crippen MR) is 56.9 cm³/mol. The fraction of sp³-hybridized carbons (Fsp3) is 0.778. The van der Waals surface area contributed by atoms with Gasteiger partial charge in [0, 0.05) is 19.5 Å². The van der Waals surface area contributed by atoms with E-state index in [-0.39, 0.29) is 17.7 Å². The van der Waals surface area contributed by atoms with E-state index in [0.29, 0.717) is 13.0 Å². The standard InChI is InChI=1S/C9H16N2O2S/c1-14-4-2-3-11-6-7(9(10)13)5-8(11)12/h7H,2-6H2,1H3,(H2,10,13). The van der Waals surface area contributed by atoms with Gasteiger partial charge in [-0.3, -0.25) is 9.59 Å². The summed E-state index contributed by atoms with van der Waals surface area (Å²) in [5, 5.41) is 0. The maximum Gasteiger partial charge on any atom is 0.223 e. The van der Waals surface area contributed by atoms with Crippen LogP contribution in [0.1, 0.15) is 12.8 Å². The highest BCUT2D eigenvalue weighted by Gasteiger charge is 2.32. The molecule has 14 heavy (non-hydrogen) atoms. The van der Waals surface area contributed by atoms with Crippen molar-refractivity contribution in [2.24, 2.45) is 11.7 Å². The lowest BCUT2D eigenvalue weighted by molar-refractivity contribution is -0.128. The Kier molecular flexibility index (Phi) is 4.25. The highest BCUT2D eigenvalue weighted by Crippen LogP contribution is 2.17. The van der Waals surface area contributed by atoms with Crippen LogP contribution in [0.2, 0.25) is 0 Å². The number of carbonyl (C=O) groups excluding carboxylic acids is 2. The van der Waals surface area contributed by atoms with Crippen LogP contribution in [0.4, 0.5) is 0 Å². The molecule has 1 heterocycles. The monoisotopic (exact) mass is 216 g/mol. The zero-order chi connectivity index (χ0) is 10.6. The largest absolute Gasteiger partial charge is 0.369 e. The number of hydrogen-bond acceptors (Lipinski definition) is 3. The molecule has 4 nitrogen and oxygen atoms in total. The van der Waals surface area contributed by atoms with Gasteiger partial charge in [0.05, 0.1) is 5.92 Å². The molecule has 1 rings (SSSR count). The van der Waals surface area contributed by atoms with E-state index < -0.39 is 0 Å². The summed E-state index contributed by atoms with van der Waals surface area (Å²) in [5.41, 5.74) is 5.16. The number of nitrogens with two attached hydrogens (primary N) is 1. The third-order valence-electron chi connectivity index (χ3n) is 2.39. The fourth-order valence-electron chi connectivity index (χ4n) is 1.58. The Morgan fingerprint density at radius 2 is 2.43 bits per heavy atom. The third-order valence-corrected chi connectivity index (χ3v) is 3.09. The zero-order valence-corrected chi connectivity index (χ0v) is 9.18. The number of amides is 2. The summed E-state index contributed by atoms with van der Waals surface area (Å²) in [6.07, 6.45) is 3.32. The van der Waals surface area contributed by atoms with Crippen molar-refractivity contribution in [3.8, 4) is 0 Å². The van der Waals surface area contributed by atoms with Gasteiger partial charge in [-0.05, 0) is 18.4 Å². The first-order valence-corrected chi connectivity index (χ1v) is 6.10. The molecule has 1 aliphatic heterocycles. The van der Waals surface area contributed by atoms with Crippen LogP contribution in [-0.2, 0) is 9.59 Å². The van der Waals surface area contributed by atoms with Gasteiger partial charge in [0.25, 0.3) is 0 Å². The molecule has 2 amide bonds. The third kappa shape index (κ3) is 2.90. The average Bonchev–Trinajstić information content (AvgIpc) is 2.49. The summed E-state index contributed by atoms with van der Waals surface area (Å²) in [6, 6.07) is 0. The van der Waals surface area contributed by atoms with E-state index in [0.717, 1.165) is 18.7 Å². The smallest absolute Gasteiger partial charge is 0.223 e. The van der Waals surface area contributed by atoms with Crippen molar-refractivity contribution in [3.05, 3.63) is 0 Å². The van der Waals surface area contributed by atoms with Crippen LogP contribution >= 0.6 is 11.8 Å². The molecule has 1 fully saturated rings. The minimum absolute atomic E-state index is 0.0647. The second-order valence-corrected chi connectivity index (χ2v) is 4.48. The highest BCUT2D eigenvalue weighted by molar-refractivity contribution is 7.98. The van der Waals surface area contributed by atoms with Gasteiger partial charge < -0.3 is 10.6 Å². The van der Waals surface area contributed by atoms with E-state index >= 15 is 0 Å². The Morgan fingerprint density at radius 1 is 1.71 bits per heavy atom. The van der Waals surface area contributed by atoms with E-state index in [1.807, 2.05) is 6.26 Å². The molecule has 0 aliphatic carbocycles. The van der Waals surface area contributed by atoms with Crippen LogP contribution < -0.4 is 5.73 Å². The van der Waals surface area contributed by atoms with E-state index in [4.69, 9.17) is 5.73 Å². The molecule has 80 valence electrons. The lowest BCUT2D eigenvalue weighted by Gasteiger charge is -2.15. The molecule has 0 aromatic rings. The first-order chi connectivity index (χ1) is 6.65. The Bertz CT molecular complexity index is 233. The number of hydrogen-bond donors (Lipinski definition) is 1. The molecule has 1 saturated heterocycles. The highest BCUT2D eigenvalue weighted by atomic mass is 32.2. The summed E-state index contributed by atoms with van der Waals surface area (Å²) in [7, 11) is 0. The first kappa shape index (κ1) is 11.4. The molecule has 1 unspecified atom stereocenters. The van der Waals surface area contributed by atoms with E-state index in [9.17, 15) is 9.59 Å². The summed E-state index contributed by atoms with van der Waals surface area (Å²) < 4.78 is 0. The van der Waals surface area contributed by atoms with E-state index in [1.165, 1.54) is 0 Å². The molecule has 0 aromatic heterocycles. The molecule has 1 atom stereocenters. The molecule has 0 radical (unpaired) electrons.